The van der Waals surface area contributed by atoms with Crippen LogP contribution >= 0.6 is 0 Å². The summed E-state index contributed by atoms with van der Waals surface area (Å²) in [4.78, 5) is 3.43. The fourth-order valence-corrected chi connectivity index (χ4v) is 3.19. The molecule has 0 aromatic heterocycles. The summed E-state index contributed by atoms with van der Waals surface area (Å²) in [6, 6.07) is 14.7. The Morgan fingerprint density at radius 1 is 0.905 bits per heavy atom. The monoisotopic (exact) mass is 286 g/mol. The molecule has 21 heavy (non-hydrogen) atoms. The Hall–Kier alpha value is -1.58. The largest absolute Gasteiger partial charge is 0.487 e. The zero-order valence-corrected chi connectivity index (χ0v) is 12.9. The number of rotatable bonds is 5. The Labute approximate surface area is 127 Å². The minimum atomic E-state index is 0.810. The highest BCUT2D eigenvalue weighted by atomic mass is 16.5. The highest BCUT2D eigenvalue weighted by Gasteiger charge is 2.21. The first-order valence-electron chi connectivity index (χ1n) is 8.14. The lowest BCUT2D eigenvalue weighted by Gasteiger charge is -2.28. The number of hydrogen-bond donors (Lipinski definition) is 2. The van der Waals surface area contributed by atoms with Crippen molar-refractivity contribution in [2.24, 2.45) is 0 Å². The predicted molar refractivity (Wildman–Crippen MR) is 86.2 cm³/mol. The van der Waals surface area contributed by atoms with Crippen LogP contribution in [0.2, 0.25) is 0 Å². The van der Waals surface area contributed by atoms with Crippen LogP contribution in [0.25, 0.3) is 10.8 Å². The average molecular weight is 286 g/mol. The van der Waals surface area contributed by atoms with Gasteiger partial charge in [-0.05, 0) is 18.4 Å². The van der Waals surface area contributed by atoms with Crippen molar-refractivity contribution in [1.29, 1.82) is 0 Å². The lowest BCUT2D eigenvalue weighted by Crippen LogP contribution is -3.28. The van der Waals surface area contributed by atoms with Gasteiger partial charge in [0.1, 0.15) is 45.1 Å². The zero-order chi connectivity index (χ0) is 14.5. The first kappa shape index (κ1) is 14.4. The van der Waals surface area contributed by atoms with Crippen molar-refractivity contribution in [3.8, 4) is 5.75 Å². The molecule has 0 amide bonds. The van der Waals surface area contributed by atoms with Crippen molar-refractivity contribution in [2.75, 3.05) is 45.9 Å². The Morgan fingerprint density at radius 3 is 2.43 bits per heavy atom. The lowest BCUT2D eigenvalue weighted by molar-refractivity contribution is -1.01. The molecule has 0 saturated carbocycles. The molecular weight excluding hydrogens is 260 g/mol. The number of likely N-dealkylation sites (N-methyl/N-ethyl adjacent to an activating group) is 1. The molecule has 2 N–H and O–H groups in total. The minimum Gasteiger partial charge on any atom is -0.487 e. The molecule has 0 bridgehead atoms. The van der Waals surface area contributed by atoms with Gasteiger partial charge in [-0.2, -0.15) is 0 Å². The number of nitrogens with one attached hydrogen (secondary N) is 2. The van der Waals surface area contributed by atoms with Gasteiger partial charge in [0.05, 0.1) is 6.54 Å². The smallest absolute Gasteiger partial charge is 0.137 e. The topological polar surface area (TPSA) is 18.1 Å². The molecule has 112 valence electrons. The van der Waals surface area contributed by atoms with Gasteiger partial charge in [-0.15, -0.1) is 0 Å². The van der Waals surface area contributed by atoms with Gasteiger partial charge in [0.25, 0.3) is 0 Å². The van der Waals surface area contributed by atoms with Gasteiger partial charge in [-0.3, -0.25) is 0 Å². The summed E-state index contributed by atoms with van der Waals surface area (Å²) < 4.78 is 6.05. The third-order valence-corrected chi connectivity index (χ3v) is 4.63. The van der Waals surface area contributed by atoms with Gasteiger partial charge >= 0.3 is 0 Å². The molecule has 2 aromatic rings. The second kappa shape index (κ2) is 6.92. The normalized spacial score (nSPS) is 22.3. The van der Waals surface area contributed by atoms with Gasteiger partial charge in [0, 0.05) is 5.39 Å². The van der Waals surface area contributed by atoms with Crippen molar-refractivity contribution in [2.45, 2.75) is 6.92 Å². The van der Waals surface area contributed by atoms with E-state index in [2.05, 4.69) is 49.4 Å². The highest BCUT2D eigenvalue weighted by Crippen LogP contribution is 2.24. The predicted octanol–water partition coefficient (Wildman–Crippen LogP) is 0.0219. The Bertz CT molecular complexity index is 571. The SMILES string of the molecule is CC[NH+]1CC[NH+](CCOc2cccc3ccccc23)CC1. The van der Waals surface area contributed by atoms with E-state index in [4.69, 9.17) is 4.74 Å². The molecule has 1 aliphatic heterocycles. The van der Waals surface area contributed by atoms with Crippen molar-refractivity contribution in [3.05, 3.63) is 42.5 Å². The second-order valence-corrected chi connectivity index (χ2v) is 5.93. The van der Waals surface area contributed by atoms with E-state index in [1.54, 1.807) is 9.80 Å². The molecule has 3 heteroatoms. The van der Waals surface area contributed by atoms with Crippen LogP contribution < -0.4 is 14.5 Å². The first-order valence-corrected chi connectivity index (χ1v) is 8.14. The third-order valence-electron chi connectivity index (χ3n) is 4.63. The van der Waals surface area contributed by atoms with Crippen molar-refractivity contribution >= 4 is 10.8 Å². The summed E-state index contributed by atoms with van der Waals surface area (Å²) in [5.74, 6) is 1.02. The number of fused-ring (bicyclic) bond motifs is 1. The number of ether oxygens (including phenoxy) is 1. The van der Waals surface area contributed by atoms with Crippen LogP contribution in [0, 0.1) is 0 Å². The fraction of sp³-hybridized carbons (Fsp3) is 0.444. The summed E-state index contributed by atoms with van der Waals surface area (Å²) in [5, 5.41) is 2.47. The molecular formula is C18H26N2O+2. The van der Waals surface area contributed by atoms with Crippen LogP contribution in [0.5, 0.6) is 5.75 Å². The second-order valence-electron chi connectivity index (χ2n) is 5.93. The first-order chi connectivity index (χ1) is 10.4. The summed E-state index contributed by atoms with van der Waals surface area (Å²) in [6.07, 6.45) is 0. The van der Waals surface area contributed by atoms with Crippen LogP contribution in [-0.2, 0) is 0 Å². The van der Waals surface area contributed by atoms with Crippen molar-refractivity contribution < 1.29 is 14.5 Å². The third kappa shape index (κ3) is 3.55. The van der Waals surface area contributed by atoms with E-state index in [0.29, 0.717) is 0 Å². The van der Waals surface area contributed by atoms with E-state index >= 15 is 0 Å². The molecule has 1 heterocycles. The van der Waals surface area contributed by atoms with E-state index in [1.807, 2.05) is 0 Å². The van der Waals surface area contributed by atoms with Crippen molar-refractivity contribution in [3.63, 3.8) is 0 Å². The van der Waals surface area contributed by atoms with E-state index in [0.717, 1.165) is 18.9 Å². The number of piperazine rings is 1. The van der Waals surface area contributed by atoms with Gasteiger partial charge in [-0.25, -0.2) is 0 Å². The van der Waals surface area contributed by atoms with Crippen LogP contribution in [0.4, 0.5) is 0 Å². The number of benzene rings is 2. The maximum absolute atomic E-state index is 6.05. The molecule has 1 aliphatic rings. The van der Waals surface area contributed by atoms with E-state index in [1.165, 1.54) is 43.5 Å². The fourth-order valence-electron chi connectivity index (χ4n) is 3.19. The lowest BCUT2D eigenvalue weighted by atomic mass is 10.1. The summed E-state index contributed by atoms with van der Waals surface area (Å²) in [5.41, 5.74) is 0. The standard InChI is InChI=1S/C18H24N2O/c1-2-19-10-12-20(13-11-19)14-15-21-18-9-5-7-16-6-3-4-8-17(16)18/h3-9H,2,10-15H2,1H3/p+2. The quantitative estimate of drug-likeness (QED) is 0.793. The zero-order valence-electron chi connectivity index (χ0n) is 12.9. The van der Waals surface area contributed by atoms with E-state index < -0.39 is 0 Å². The molecule has 2 aromatic carbocycles. The summed E-state index contributed by atoms with van der Waals surface area (Å²) >= 11 is 0. The Balaban J connectivity index is 1.53. The molecule has 1 fully saturated rings. The molecule has 0 radical (unpaired) electrons. The van der Waals surface area contributed by atoms with Gasteiger partial charge < -0.3 is 14.5 Å². The summed E-state index contributed by atoms with van der Waals surface area (Å²) in [6.45, 7) is 10.6. The summed E-state index contributed by atoms with van der Waals surface area (Å²) in [7, 11) is 0. The average Bonchev–Trinajstić information content (AvgIpc) is 2.56. The van der Waals surface area contributed by atoms with Crippen LogP contribution in [0.15, 0.2) is 42.5 Å². The van der Waals surface area contributed by atoms with Crippen LogP contribution in [-0.4, -0.2) is 45.9 Å². The van der Waals surface area contributed by atoms with E-state index in [-0.39, 0.29) is 0 Å². The molecule has 0 spiro atoms. The highest BCUT2D eigenvalue weighted by molar-refractivity contribution is 5.88. The number of hydrogen-bond acceptors (Lipinski definition) is 1. The maximum Gasteiger partial charge on any atom is 0.137 e. The van der Waals surface area contributed by atoms with Crippen LogP contribution in [0.1, 0.15) is 6.92 Å². The minimum absolute atomic E-state index is 0.810. The number of quaternary nitrogens is 2. The molecule has 3 nitrogen and oxygen atoms in total. The molecule has 0 atom stereocenters. The Morgan fingerprint density at radius 2 is 1.62 bits per heavy atom. The molecule has 0 aliphatic carbocycles. The van der Waals surface area contributed by atoms with E-state index in [9.17, 15) is 0 Å². The van der Waals surface area contributed by atoms with Gasteiger partial charge in [0.2, 0.25) is 0 Å². The van der Waals surface area contributed by atoms with Gasteiger partial charge in [-0.1, -0.05) is 36.4 Å². The Kier molecular flexibility index (Phi) is 4.73. The molecule has 0 unspecified atom stereocenters. The molecule has 1 saturated heterocycles. The van der Waals surface area contributed by atoms with Gasteiger partial charge in [0.15, 0.2) is 0 Å². The molecule has 3 rings (SSSR count). The van der Waals surface area contributed by atoms with Crippen LogP contribution in [0.3, 0.4) is 0 Å². The maximum atomic E-state index is 6.05. The van der Waals surface area contributed by atoms with Crippen molar-refractivity contribution in [1.82, 2.24) is 0 Å².